The molecule has 4 nitrogen and oxygen atoms in total. The molecule has 0 aromatic carbocycles. The molecule has 0 bridgehead atoms. The van der Waals surface area contributed by atoms with Crippen LogP contribution in [0.25, 0.3) is 0 Å². The summed E-state index contributed by atoms with van der Waals surface area (Å²) in [6, 6.07) is 2.08. The highest BCUT2D eigenvalue weighted by Gasteiger charge is 2.17. The molecule has 1 fully saturated rings. The van der Waals surface area contributed by atoms with E-state index in [1.807, 2.05) is 15.7 Å². The molecule has 1 amide bonds. The second kappa shape index (κ2) is 5.78. The van der Waals surface area contributed by atoms with Crippen LogP contribution in [0.15, 0.2) is 18.5 Å². The number of hydrogen-bond donors (Lipinski definition) is 1. The Bertz CT molecular complexity index is 425. The topological polar surface area (TPSA) is 37.3 Å². The Labute approximate surface area is 115 Å². The highest BCUT2D eigenvalue weighted by molar-refractivity contribution is 5.76. The number of likely N-dealkylation sites (tertiary alicyclic amines) is 1. The summed E-state index contributed by atoms with van der Waals surface area (Å²) in [5.41, 5.74) is 1.34. The Balaban J connectivity index is 1.85. The summed E-state index contributed by atoms with van der Waals surface area (Å²) in [5, 5.41) is 3.45. The van der Waals surface area contributed by atoms with Crippen LogP contribution in [-0.2, 0) is 17.9 Å². The molecule has 1 aliphatic heterocycles. The van der Waals surface area contributed by atoms with Gasteiger partial charge in [-0.15, -0.1) is 0 Å². The van der Waals surface area contributed by atoms with E-state index in [1.165, 1.54) is 5.56 Å². The molecule has 0 radical (unpaired) electrons. The van der Waals surface area contributed by atoms with Crippen molar-refractivity contribution in [1.29, 1.82) is 0 Å². The molecule has 0 saturated carbocycles. The zero-order valence-corrected chi connectivity index (χ0v) is 12.3. The van der Waals surface area contributed by atoms with Gasteiger partial charge < -0.3 is 14.8 Å². The highest BCUT2D eigenvalue weighted by atomic mass is 16.2. The van der Waals surface area contributed by atoms with E-state index in [0.717, 1.165) is 32.5 Å². The summed E-state index contributed by atoms with van der Waals surface area (Å²) in [5.74, 6) is 0.239. The van der Waals surface area contributed by atoms with Crippen LogP contribution in [0.3, 0.4) is 0 Å². The fourth-order valence-electron chi connectivity index (χ4n) is 2.28. The van der Waals surface area contributed by atoms with E-state index in [4.69, 9.17) is 0 Å². The molecule has 2 heterocycles. The molecule has 0 aliphatic carbocycles. The zero-order chi connectivity index (χ0) is 13.9. The van der Waals surface area contributed by atoms with Crippen LogP contribution in [0.5, 0.6) is 0 Å². The second-order valence-electron chi connectivity index (χ2n) is 6.38. The highest BCUT2D eigenvalue weighted by Crippen LogP contribution is 2.10. The van der Waals surface area contributed by atoms with Gasteiger partial charge in [0.1, 0.15) is 6.54 Å². The lowest BCUT2D eigenvalue weighted by molar-refractivity contribution is -0.130. The third kappa shape index (κ3) is 4.39. The molecule has 19 heavy (non-hydrogen) atoms. The Morgan fingerprint density at radius 1 is 1.32 bits per heavy atom. The predicted octanol–water partition coefficient (Wildman–Crippen LogP) is 2.00. The molecule has 1 saturated heterocycles. The lowest BCUT2D eigenvalue weighted by Gasteiger charge is -2.20. The molecular weight excluding hydrogens is 238 g/mol. The van der Waals surface area contributed by atoms with Crippen LogP contribution in [-0.4, -0.2) is 34.0 Å². The van der Waals surface area contributed by atoms with Crippen molar-refractivity contribution < 1.29 is 4.79 Å². The second-order valence-corrected chi connectivity index (χ2v) is 6.38. The van der Waals surface area contributed by atoms with Crippen LogP contribution in [0.1, 0.15) is 39.2 Å². The number of amides is 1. The van der Waals surface area contributed by atoms with Gasteiger partial charge in [0.2, 0.25) is 5.91 Å². The van der Waals surface area contributed by atoms with Crippen molar-refractivity contribution in [3.63, 3.8) is 0 Å². The summed E-state index contributed by atoms with van der Waals surface area (Å²) in [7, 11) is 0. The van der Waals surface area contributed by atoms with Crippen LogP contribution in [0.4, 0.5) is 0 Å². The van der Waals surface area contributed by atoms with E-state index < -0.39 is 0 Å². The molecule has 106 valence electrons. The average molecular weight is 263 g/mol. The Kier molecular flexibility index (Phi) is 4.30. The summed E-state index contributed by atoms with van der Waals surface area (Å²) in [6.07, 6.45) is 6.36. The van der Waals surface area contributed by atoms with E-state index in [0.29, 0.717) is 6.54 Å². The van der Waals surface area contributed by atoms with Crippen molar-refractivity contribution in [3.05, 3.63) is 24.0 Å². The van der Waals surface area contributed by atoms with Gasteiger partial charge in [0.15, 0.2) is 0 Å². The van der Waals surface area contributed by atoms with Gasteiger partial charge in [-0.1, -0.05) is 0 Å². The van der Waals surface area contributed by atoms with E-state index in [9.17, 15) is 4.79 Å². The smallest absolute Gasteiger partial charge is 0.242 e. The minimum atomic E-state index is 0.119. The number of carbonyl (C=O) groups is 1. The van der Waals surface area contributed by atoms with Gasteiger partial charge in [-0.25, -0.2) is 0 Å². The largest absolute Gasteiger partial charge is 0.345 e. The molecule has 0 unspecified atom stereocenters. The standard InChI is InChI=1S/C15H25N3O/c1-15(2,3)16-10-13-6-9-17(11-13)12-14(19)18-7-4-5-8-18/h6,9,11,16H,4-5,7-8,10,12H2,1-3H3. The summed E-state index contributed by atoms with van der Waals surface area (Å²) < 4.78 is 1.99. The maximum atomic E-state index is 12.0. The van der Waals surface area contributed by atoms with Crippen molar-refractivity contribution >= 4 is 5.91 Å². The van der Waals surface area contributed by atoms with Crippen molar-refractivity contribution in [3.8, 4) is 0 Å². The molecule has 4 heteroatoms. The molecule has 0 atom stereocenters. The Morgan fingerprint density at radius 2 is 2.00 bits per heavy atom. The first-order chi connectivity index (χ1) is 8.94. The van der Waals surface area contributed by atoms with Crippen molar-refractivity contribution in [2.75, 3.05) is 13.1 Å². The Hall–Kier alpha value is -1.29. The van der Waals surface area contributed by atoms with Crippen molar-refractivity contribution in [2.24, 2.45) is 0 Å². The van der Waals surface area contributed by atoms with Gasteiger partial charge in [0, 0.05) is 37.6 Å². The monoisotopic (exact) mass is 263 g/mol. The lowest BCUT2D eigenvalue weighted by Crippen LogP contribution is -2.35. The third-order valence-corrected chi connectivity index (χ3v) is 3.41. The van der Waals surface area contributed by atoms with Gasteiger partial charge in [0.25, 0.3) is 0 Å². The van der Waals surface area contributed by atoms with Gasteiger partial charge >= 0.3 is 0 Å². The first kappa shape index (κ1) is 14.1. The maximum absolute atomic E-state index is 12.0. The summed E-state index contributed by atoms with van der Waals surface area (Å²) in [4.78, 5) is 14.0. The average Bonchev–Trinajstić information content (AvgIpc) is 2.96. The fraction of sp³-hybridized carbons (Fsp3) is 0.667. The van der Waals surface area contributed by atoms with Crippen LogP contribution in [0, 0.1) is 0 Å². The summed E-state index contributed by atoms with van der Waals surface area (Å²) in [6.45, 7) is 9.63. The van der Waals surface area contributed by atoms with Crippen LogP contribution >= 0.6 is 0 Å². The number of hydrogen-bond acceptors (Lipinski definition) is 2. The van der Waals surface area contributed by atoms with Gasteiger partial charge in [-0.2, -0.15) is 0 Å². The molecule has 1 aromatic rings. The van der Waals surface area contributed by atoms with Crippen molar-refractivity contribution in [1.82, 2.24) is 14.8 Å². The molecule has 1 N–H and O–H groups in total. The number of aromatic nitrogens is 1. The van der Waals surface area contributed by atoms with E-state index in [-0.39, 0.29) is 11.4 Å². The first-order valence-electron chi connectivity index (χ1n) is 7.11. The molecule has 0 spiro atoms. The molecular formula is C15H25N3O. The minimum absolute atomic E-state index is 0.119. The third-order valence-electron chi connectivity index (χ3n) is 3.41. The first-order valence-corrected chi connectivity index (χ1v) is 7.11. The fourth-order valence-corrected chi connectivity index (χ4v) is 2.28. The maximum Gasteiger partial charge on any atom is 0.242 e. The van der Waals surface area contributed by atoms with E-state index >= 15 is 0 Å². The molecule has 1 aromatic heterocycles. The predicted molar refractivity (Wildman–Crippen MR) is 76.8 cm³/mol. The van der Waals surface area contributed by atoms with Gasteiger partial charge in [-0.05, 0) is 45.2 Å². The van der Waals surface area contributed by atoms with E-state index in [2.05, 4.69) is 38.4 Å². The Morgan fingerprint density at radius 3 is 2.63 bits per heavy atom. The van der Waals surface area contributed by atoms with Crippen molar-refractivity contribution in [2.45, 2.75) is 52.2 Å². The minimum Gasteiger partial charge on any atom is -0.345 e. The van der Waals surface area contributed by atoms with E-state index in [1.54, 1.807) is 0 Å². The number of carbonyl (C=O) groups excluding carboxylic acids is 1. The van der Waals surface area contributed by atoms with Gasteiger partial charge in [-0.3, -0.25) is 4.79 Å². The van der Waals surface area contributed by atoms with Gasteiger partial charge in [0.05, 0.1) is 0 Å². The van der Waals surface area contributed by atoms with Crippen LogP contribution < -0.4 is 5.32 Å². The summed E-state index contributed by atoms with van der Waals surface area (Å²) >= 11 is 0. The zero-order valence-electron chi connectivity index (χ0n) is 12.3. The number of nitrogens with one attached hydrogen (secondary N) is 1. The normalized spacial score (nSPS) is 16.1. The number of nitrogens with zero attached hydrogens (tertiary/aromatic N) is 2. The molecule has 1 aliphatic rings. The number of rotatable bonds is 4. The lowest BCUT2D eigenvalue weighted by atomic mass is 10.1. The quantitative estimate of drug-likeness (QED) is 0.902. The SMILES string of the molecule is CC(C)(C)NCc1ccn(CC(=O)N2CCCC2)c1. The van der Waals surface area contributed by atoms with Crippen LogP contribution in [0.2, 0.25) is 0 Å². The molecule has 2 rings (SSSR count).